The number of amides is 1. The van der Waals surface area contributed by atoms with E-state index in [1.165, 1.54) is 16.2 Å². The number of thiazole rings is 1. The quantitative estimate of drug-likeness (QED) is 0.222. The van der Waals surface area contributed by atoms with E-state index < -0.39 is 23.5 Å². The maximum Gasteiger partial charge on any atom is 0.296 e. The van der Waals surface area contributed by atoms with Gasteiger partial charge in [0.15, 0.2) is 16.7 Å². The van der Waals surface area contributed by atoms with Crippen LogP contribution in [0.5, 0.6) is 0 Å². The van der Waals surface area contributed by atoms with Crippen molar-refractivity contribution in [3.8, 4) is 0 Å². The Morgan fingerprint density at radius 2 is 1.97 bits per heavy atom. The van der Waals surface area contributed by atoms with Gasteiger partial charge in [-0.05, 0) is 55.0 Å². The van der Waals surface area contributed by atoms with E-state index in [2.05, 4.69) is 20.9 Å². The van der Waals surface area contributed by atoms with Gasteiger partial charge in [-0.1, -0.05) is 68.7 Å². The lowest BCUT2D eigenvalue weighted by Gasteiger charge is -2.24. The van der Waals surface area contributed by atoms with Gasteiger partial charge in [0.25, 0.3) is 5.91 Å². The second-order valence-corrected chi connectivity index (χ2v) is 10.8. The maximum absolute atomic E-state index is 13.8. The largest absolute Gasteiger partial charge is 0.503 e. The van der Waals surface area contributed by atoms with E-state index >= 15 is 0 Å². The number of benzene rings is 3. The zero-order valence-corrected chi connectivity index (χ0v) is 21.8. The molecule has 178 valence electrons. The second-order valence-electron chi connectivity index (χ2n) is 8.48. The number of aromatic nitrogens is 1. The number of Topliss-reactive ketones (excluding diaryl/α,β-unsaturated/α-hetero) is 1. The molecule has 5 aromatic rings. The molecule has 1 aliphatic rings. The standard InChI is InChI=1S/C27H16BrClN2O4S/c1-13-3-2-4-14(9-13)23-22(24(32)20-11-15-10-16(28)5-8-19(15)35-20)25(33)26(34)31(23)27-30-18-7-6-17(29)12-21(18)36-27/h2-12,23,33H,1H3. The minimum Gasteiger partial charge on any atom is -0.503 e. The number of rotatable bonds is 4. The number of aliphatic hydroxyl groups excluding tert-OH is 1. The van der Waals surface area contributed by atoms with Gasteiger partial charge in [0.2, 0.25) is 5.78 Å². The first-order valence-electron chi connectivity index (χ1n) is 10.9. The summed E-state index contributed by atoms with van der Waals surface area (Å²) in [6.45, 7) is 1.92. The smallest absolute Gasteiger partial charge is 0.296 e. The number of hydrogen-bond donors (Lipinski definition) is 1. The number of halogens is 2. The van der Waals surface area contributed by atoms with Crippen molar-refractivity contribution in [2.24, 2.45) is 0 Å². The first-order valence-corrected chi connectivity index (χ1v) is 12.9. The molecular formula is C27H16BrClN2O4S. The first-order chi connectivity index (χ1) is 17.3. The summed E-state index contributed by atoms with van der Waals surface area (Å²) >= 11 is 10.8. The molecule has 3 heterocycles. The lowest BCUT2D eigenvalue weighted by atomic mass is 9.94. The Kier molecular flexibility index (Phi) is 5.48. The first kappa shape index (κ1) is 23.0. The van der Waals surface area contributed by atoms with Crippen molar-refractivity contribution in [1.29, 1.82) is 0 Å². The van der Waals surface area contributed by atoms with Crippen LogP contribution in [0.3, 0.4) is 0 Å². The molecule has 6 rings (SSSR count). The number of ketones is 1. The molecule has 0 bridgehead atoms. The van der Waals surface area contributed by atoms with Crippen molar-refractivity contribution < 1.29 is 19.1 Å². The van der Waals surface area contributed by atoms with Crippen LogP contribution in [0.25, 0.3) is 21.2 Å². The lowest BCUT2D eigenvalue weighted by Crippen LogP contribution is -2.31. The maximum atomic E-state index is 13.8. The number of anilines is 1. The van der Waals surface area contributed by atoms with Crippen molar-refractivity contribution in [1.82, 2.24) is 4.98 Å². The SMILES string of the molecule is Cc1cccc(C2C(C(=O)c3cc4cc(Br)ccc4o3)=C(O)C(=O)N2c2nc3ccc(Cl)cc3s2)c1. The van der Waals surface area contributed by atoms with E-state index in [4.69, 9.17) is 16.0 Å². The highest BCUT2D eigenvalue weighted by molar-refractivity contribution is 9.10. The highest BCUT2D eigenvalue weighted by atomic mass is 79.9. The van der Waals surface area contributed by atoms with E-state index in [0.29, 0.717) is 26.8 Å². The number of fused-ring (bicyclic) bond motifs is 2. The Hall–Kier alpha value is -3.46. The van der Waals surface area contributed by atoms with Crippen LogP contribution in [-0.2, 0) is 4.79 Å². The van der Waals surface area contributed by atoms with Gasteiger partial charge in [-0.3, -0.25) is 14.5 Å². The number of hydrogen-bond acceptors (Lipinski definition) is 6. The number of aliphatic hydroxyl groups is 1. The van der Waals surface area contributed by atoms with E-state index in [-0.39, 0.29) is 11.3 Å². The summed E-state index contributed by atoms with van der Waals surface area (Å²) in [7, 11) is 0. The third-order valence-corrected chi connectivity index (χ3v) is 7.80. The lowest BCUT2D eigenvalue weighted by molar-refractivity contribution is -0.117. The fraction of sp³-hybridized carbons (Fsp3) is 0.0741. The van der Waals surface area contributed by atoms with Crippen LogP contribution in [0, 0.1) is 6.92 Å². The molecule has 1 N–H and O–H groups in total. The number of nitrogens with zero attached hydrogens (tertiary/aromatic N) is 2. The fourth-order valence-corrected chi connectivity index (χ4v) is 6.09. The van der Waals surface area contributed by atoms with E-state index in [0.717, 1.165) is 20.1 Å². The van der Waals surface area contributed by atoms with Crippen molar-refractivity contribution in [3.05, 3.63) is 104 Å². The van der Waals surface area contributed by atoms with Crippen LogP contribution in [-0.4, -0.2) is 21.8 Å². The normalized spacial score (nSPS) is 16.0. The Morgan fingerprint density at radius 1 is 1.14 bits per heavy atom. The molecule has 1 aliphatic heterocycles. The molecule has 0 spiro atoms. The number of carbonyl (C=O) groups excluding carboxylic acids is 2. The number of carbonyl (C=O) groups is 2. The Balaban J connectivity index is 1.51. The van der Waals surface area contributed by atoms with Crippen molar-refractivity contribution in [3.63, 3.8) is 0 Å². The molecule has 0 radical (unpaired) electrons. The van der Waals surface area contributed by atoms with Gasteiger partial charge in [0, 0.05) is 14.9 Å². The summed E-state index contributed by atoms with van der Waals surface area (Å²) in [6.07, 6.45) is 0. The van der Waals surface area contributed by atoms with Gasteiger partial charge >= 0.3 is 0 Å². The van der Waals surface area contributed by atoms with Gasteiger partial charge in [0.1, 0.15) is 5.58 Å². The molecule has 9 heteroatoms. The minimum atomic E-state index is -0.888. The Morgan fingerprint density at radius 3 is 2.78 bits per heavy atom. The monoisotopic (exact) mass is 578 g/mol. The van der Waals surface area contributed by atoms with Gasteiger partial charge in [-0.2, -0.15) is 0 Å². The fourth-order valence-electron chi connectivity index (χ4n) is 4.44. The second kappa shape index (κ2) is 8.58. The molecule has 1 atom stereocenters. The number of furan rings is 1. The van der Waals surface area contributed by atoms with Crippen molar-refractivity contribution in [2.75, 3.05) is 4.90 Å². The van der Waals surface area contributed by atoms with E-state index in [9.17, 15) is 14.7 Å². The molecule has 1 unspecified atom stereocenters. The highest BCUT2D eigenvalue weighted by Crippen LogP contribution is 2.45. The summed E-state index contributed by atoms with van der Waals surface area (Å²) in [6, 6.07) is 18.9. The van der Waals surface area contributed by atoms with Gasteiger partial charge in [0.05, 0.1) is 21.8 Å². The minimum absolute atomic E-state index is 0.0352. The van der Waals surface area contributed by atoms with Crippen LogP contribution in [0.2, 0.25) is 5.02 Å². The highest BCUT2D eigenvalue weighted by Gasteiger charge is 2.46. The van der Waals surface area contributed by atoms with Crippen LogP contribution < -0.4 is 4.90 Å². The molecule has 0 saturated carbocycles. The zero-order valence-electron chi connectivity index (χ0n) is 18.7. The predicted molar refractivity (Wildman–Crippen MR) is 144 cm³/mol. The van der Waals surface area contributed by atoms with E-state index in [1.54, 1.807) is 30.3 Å². The van der Waals surface area contributed by atoms with Crippen LogP contribution >= 0.6 is 38.9 Å². The summed E-state index contributed by atoms with van der Waals surface area (Å²) in [5, 5.41) is 12.7. The third kappa shape index (κ3) is 3.73. The van der Waals surface area contributed by atoms with Gasteiger partial charge in [-0.25, -0.2) is 4.98 Å². The Labute approximate surface area is 222 Å². The molecule has 0 fully saturated rings. The zero-order chi connectivity index (χ0) is 25.1. The van der Waals surface area contributed by atoms with Crippen molar-refractivity contribution >= 4 is 76.9 Å². The molecule has 2 aromatic heterocycles. The average molecular weight is 580 g/mol. The van der Waals surface area contributed by atoms with Crippen LogP contribution in [0.1, 0.15) is 27.7 Å². The molecular weight excluding hydrogens is 564 g/mol. The summed E-state index contributed by atoms with van der Waals surface area (Å²) < 4.78 is 7.45. The van der Waals surface area contributed by atoms with Gasteiger partial charge in [-0.15, -0.1) is 0 Å². The van der Waals surface area contributed by atoms with E-state index in [1.807, 2.05) is 43.3 Å². The average Bonchev–Trinajstić information content (AvgIpc) is 3.52. The molecule has 0 aliphatic carbocycles. The summed E-state index contributed by atoms with van der Waals surface area (Å²) in [4.78, 5) is 33.2. The van der Waals surface area contributed by atoms with Crippen molar-refractivity contribution in [2.45, 2.75) is 13.0 Å². The molecule has 1 amide bonds. The van der Waals surface area contributed by atoms with Crippen LogP contribution in [0.4, 0.5) is 5.13 Å². The third-order valence-electron chi connectivity index (χ3n) is 6.06. The molecule has 3 aromatic carbocycles. The Bertz CT molecular complexity index is 1760. The van der Waals surface area contributed by atoms with Crippen LogP contribution in [0.15, 0.2) is 87.0 Å². The predicted octanol–water partition coefficient (Wildman–Crippen LogP) is 7.55. The molecule has 6 nitrogen and oxygen atoms in total. The van der Waals surface area contributed by atoms with Gasteiger partial charge < -0.3 is 9.52 Å². The summed E-state index contributed by atoms with van der Waals surface area (Å²) in [5.41, 5.74) is 2.76. The molecule has 36 heavy (non-hydrogen) atoms. The number of aryl methyl sites for hydroxylation is 1. The summed E-state index contributed by atoms with van der Waals surface area (Å²) in [5.74, 6) is -1.85. The molecule has 0 saturated heterocycles. The topological polar surface area (TPSA) is 83.6 Å².